The summed E-state index contributed by atoms with van der Waals surface area (Å²) in [6, 6.07) is 60.8. The van der Waals surface area contributed by atoms with Crippen LogP contribution in [0.25, 0.3) is 110 Å². The lowest BCUT2D eigenvalue weighted by Gasteiger charge is -2.10. The number of hydrogen-bond donors (Lipinski definition) is 0. The zero-order valence-corrected chi connectivity index (χ0v) is 31.9. The van der Waals surface area contributed by atoms with Gasteiger partial charge in [0.15, 0.2) is 0 Å². The second-order valence-corrected chi connectivity index (χ2v) is 13.7. The van der Waals surface area contributed by atoms with Crippen molar-refractivity contribution in [3.05, 3.63) is 170 Å². The van der Waals surface area contributed by atoms with Gasteiger partial charge in [0.05, 0.1) is 22.1 Å². The summed E-state index contributed by atoms with van der Waals surface area (Å²) in [5, 5.41) is 9.44. The monoisotopic (exact) mass is 724 g/mol. The van der Waals surface area contributed by atoms with Crippen LogP contribution in [0.3, 0.4) is 0 Å². The van der Waals surface area contributed by atoms with Crippen LogP contribution in [0.15, 0.2) is 179 Å². The zero-order chi connectivity index (χ0) is 37.9. The molecule has 12 aromatic rings. The van der Waals surface area contributed by atoms with Crippen LogP contribution in [-0.4, -0.2) is 9.13 Å². The molecule has 4 heterocycles. The summed E-state index contributed by atoms with van der Waals surface area (Å²) in [6.45, 7) is 8.00. The molecule has 0 radical (unpaired) electrons. The molecule has 0 N–H and O–H groups in total. The Balaban J connectivity index is 0.000000933. The van der Waals surface area contributed by atoms with Crippen molar-refractivity contribution < 1.29 is 8.83 Å². The predicted octanol–water partition coefficient (Wildman–Crippen LogP) is 15.4. The van der Waals surface area contributed by atoms with Crippen LogP contribution in [0, 0.1) is 0 Å². The number of benzene rings is 8. The summed E-state index contributed by atoms with van der Waals surface area (Å²) in [6.07, 6.45) is 0. The Morgan fingerprint density at radius 2 is 0.786 bits per heavy atom. The minimum absolute atomic E-state index is 0.900. The number of furan rings is 2. The molecule has 56 heavy (non-hydrogen) atoms. The fourth-order valence-corrected chi connectivity index (χ4v) is 8.66. The Morgan fingerprint density at radius 3 is 1.41 bits per heavy atom. The summed E-state index contributed by atoms with van der Waals surface area (Å²) in [7, 11) is 0. The topological polar surface area (TPSA) is 36.1 Å². The van der Waals surface area contributed by atoms with Crippen molar-refractivity contribution in [2.45, 2.75) is 27.7 Å². The van der Waals surface area contributed by atoms with Crippen molar-refractivity contribution in [1.82, 2.24) is 9.13 Å². The van der Waals surface area contributed by atoms with Gasteiger partial charge in [-0.2, -0.15) is 0 Å². The Labute approximate surface area is 324 Å². The highest BCUT2D eigenvalue weighted by Crippen LogP contribution is 2.42. The van der Waals surface area contributed by atoms with Gasteiger partial charge in [0.25, 0.3) is 0 Å². The first kappa shape index (κ1) is 33.5. The molecule has 0 bridgehead atoms. The zero-order valence-electron chi connectivity index (χ0n) is 31.9. The molecule has 4 nitrogen and oxygen atoms in total. The summed E-state index contributed by atoms with van der Waals surface area (Å²) >= 11 is 0. The van der Waals surface area contributed by atoms with E-state index in [0.717, 1.165) is 55.3 Å². The van der Waals surface area contributed by atoms with Gasteiger partial charge in [-0.25, -0.2) is 0 Å². The van der Waals surface area contributed by atoms with E-state index in [1.54, 1.807) is 0 Å². The minimum atomic E-state index is 0.900. The Morgan fingerprint density at radius 1 is 0.321 bits per heavy atom. The molecule has 0 aliphatic rings. The third-order valence-corrected chi connectivity index (χ3v) is 10.9. The van der Waals surface area contributed by atoms with E-state index < -0.39 is 0 Å². The summed E-state index contributed by atoms with van der Waals surface area (Å²) in [4.78, 5) is 0. The fourth-order valence-electron chi connectivity index (χ4n) is 8.66. The van der Waals surface area contributed by atoms with E-state index >= 15 is 0 Å². The smallest absolute Gasteiger partial charge is 0.135 e. The second kappa shape index (κ2) is 13.4. The lowest BCUT2D eigenvalue weighted by molar-refractivity contribution is 0.668. The van der Waals surface area contributed by atoms with Crippen LogP contribution >= 0.6 is 0 Å². The highest BCUT2D eigenvalue weighted by molar-refractivity contribution is 6.18. The Kier molecular flexibility index (Phi) is 8.00. The third kappa shape index (κ3) is 4.92. The highest BCUT2D eigenvalue weighted by Gasteiger charge is 2.19. The van der Waals surface area contributed by atoms with E-state index in [0.29, 0.717) is 0 Å². The average molecular weight is 725 g/mol. The van der Waals surface area contributed by atoms with Crippen molar-refractivity contribution in [2.75, 3.05) is 0 Å². The molecule has 0 spiro atoms. The van der Waals surface area contributed by atoms with Gasteiger partial charge in [-0.05, 0) is 90.0 Å². The summed E-state index contributed by atoms with van der Waals surface area (Å²) < 4.78 is 17.2. The van der Waals surface area contributed by atoms with Crippen molar-refractivity contribution in [2.24, 2.45) is 0 Å². The molecule has 0 amide bonds. The molecule has 0 fully saturated rings. The molecule has 0 saturated carbocycles. The molecule has 12 rings (SSSR count). The van der Waals surface area contributed by atoms with Crippen molar-refractivity contribution in [3.8, 4) is 22.5 Å². The number of nitrogens with zero attached hydrogens (tertiary/aromatic N) is 2. The third-order valence-electron chi connectivity index (χ3n) is 10.9. The summed E-state index contributed by atoms with van der Waals surface area (Å²) in [5.74, 6) is 0. The molecular formula is C52H40N2O2. The van der Waals surface area contributed by atoms with Crippen LogP contribution in [0.2, 0.25) is 0 Å². The molecule has 0 aliphatic heterocycles. The SMILES string of the molecule is CC.CC.c1ccc2c(c1)oc1ccc(-n3c4ccccc4c4cc(-c5cccc6c5c5ccccc5n6-c5ccc6oc7ccccc7c6c5)ccc43)cc12. The normalized spacial score (nSPS) is 11.6. The van der Waals surface area contributed by atoms with Gasteiger partial charge in [-0.3, -0.25) is 0 Å². The van der Waals surface area contributed by atoms with Crippen molar-refractivity contribution in [1.29, 1.82) is 0 Å². The van der Waals surface area contributed by atoms with Crippen molar-refractivity contribution in [3.63, 3.8) is 0 Å². The van der Waals surface area contributed by atoms with Gasteiger partial charge in [-0.1, -0.05) is 119 Å². The lowest BCUT2D eigenvalue weighted by Crippen LogP contribution is -1.94. The maximum atomic E-state index is 6.19. The Bertz CT molecular complexity index is 3420. The largest absolute Gasteiger partial charge is 0.456 e. The minimum Gasteiger partial charge on any atom is -0.456 e. The quantitative estimate of drug-likeness (QED) is 0.182. The molecule has 4 aromatic heterocycles. The average Bonchev–Trinajstić information content (AvgIpc) is 4.02. The maximum absolute atomic E-state index is 6.19. The van der Waals surface area contributed by atoms with Gasteiger partial charge >= 0.3 is 0 Å². The second-order valence-electron chi connectivity index (χ2n) is 13.7. The summed E-state index contributed by atoms with van der Waals surface area (Å²) in [5.41, 5.74) is 13.0. The Hall–Kier alpha value is -7.04. The van der Waals surface area contributed by atoms with E-state index in [-0.39, 0.29) is 0 Å². The molecule has 0 atom stereocenters. The number of aromatic nitrogens is 2. The predicted molar refractivity (Wildman–Crippen MR) is 238 cm³/mol. The van der Waals surface area contributed by atoms with Gasteiger partial charge < -0.3 is 18.0 Å². The first-order valence-electron chi connectivity index (χ1n) is 19.7. The van der Waals surface area contributed by atoms with Gasteiger partial charge in [0.1, 0.15) is 22.3 Å². The molecular weight excluding hydrogens is 685 g/mol. The van der Waals surface area contributed by atoms with Crippen LogP contribution in [0.1, 0.15) is 27.7 Å². The maximum Gasteiger partial charge on any atom is 0.135 e. The standard InChI is InChI=1S/C48H28N2O2.2C2H6/c1-5-15-40-33(10-1)37-26-29(20-23-42(37)49(40)30-21-24-46-38(27-30)34-11-3-7-18-44(34)51-46)32-14-9-17-43-48(32)36-13-2-6-16-41(36)50(43)31-22-25-47-39(28-31)35-12-4-8-19-45(35)52-47;2*1-2/h1-28H;2*1-2H3. The number of hydrogen-bond acceptors (Lipinski definition) is 2. The molecule has 0 saturated heterocycles. The number of rotatable bonds is 3. The molecule has 0 unspecified atom stereocenters. The first-order chi connectivity index (χ1) is 27.8. The van der Waals surface area contributed by atoms with Gasteiger partial charge in [0, 0.05) is 54.5 Å². The molecule has 8 aromatic carbocycles. The van der Waals surface area contributed by atoms with Crippen LogP contribution in [-0.2, 0) is 0 Å². The van der Waals surface area contributed by atoms with Crippen LogP contribution in [0.4, 0.5) is 0 Å². The van der Waals surface area contributed by atoms with E-state index in [1.165, 1.54) is 54.7 Å². The number of para-hydroxylation sites is 4. The first-order valence-corrected chi connectivity index (χ1v) is 19.7. The van der Waals surface area contributed by atoms with Crippen molar-refractivity contribution >= 4 is 87.5 Å². The molecule has 0 aliphatic carbocycles. The van der Waals surface area contributed by atoms with E-state index in [1.807, 2.05) is 52.0 Å². The van der Waals surface area contributed by atoms with E-state index in [9.17, 15) is 0 Å². The van der Waals surface area contributed by atoms with Crippen LogP contribution < -0.4 is 0 Å². The number of fused-ring (bicyclic) bond motifs is 12. The van der Waals surface area contributed by atoms with E-state index in [4.69, 9.17) is 8.83 Å². The highest BCUT2D eigenvalue weighted by atomic mass is 16.3. The molecule has 270 valence electrons. The lowest BCUT2D eigenvalue weighted by atomic mass is 9.98. The van der Waals surface area contributed by atoms with Crippen LogP contribution in [0.5, 0.6) is 0 Å². The van der Waals surface area contributed by atoms with E-state index in [2.05, 4.69) is 155 Å². The molecule has 4 heteroatoms. The van der Waals surface area contributed by atoms with Gasteiger partial charge in [-0.15, -0.1) is 0 Å². The fraction of sp³-hybridized carbons (Fsp3) is 0.0769. The van der Waals surface area contributed by atoms with Gasteiger partial charge in [0.2, 0.25) is 0 Å².